The minimum absolute atomic E-state index is 0.00935. The fourth-order valence-corrected chi connectivity index (χ4v) is 3.18. The predicted molar refractivity (Wildman–Crippen MR) is 88.6 cm³/mol. The van der Waals surface area contributed by atoms with Crippen molar-refractivity contribution in [1.29, 1.82) is 0 Å². The number of para-hydroxylation sites is 1. The second-order valence-electron chi connectivity index (χ2n) is 4.93. The van der Waals surface area contributed by atoms with Crippen LogP contribution in [0.2, 0.25) is 0 Å². The van der Waals surface area contributed by atoms with Crippen LogP contribution in [-0.4, -0.2) is 24.5 Å². The van der Waals surface area contributed by atoms with Crippen LogP contribution in [-0.2, 0) is 6.42 Å². The SMILES string of the molecule is COc1ccc(C(=O)NCCc2nc3ccccc3s2)c(F)c1. The zero-order valence-corrected chi connectivity index (χ0v) is 13.3. The molecular formula is C17H15FN2O2S. The molecule has 118 valence electrons. The minimum Gasteiger partial charge on any atom is -0.497 e. The average Bonchev–Trinajstić information content (AvgIpc) is 2.97. The number of amides is 1. The van der Waals surface area contributed by atoms with Crippen molar-refractivity contribution >= 4 is 27.5 Å². The topological polar surface area (TPSA) is 51.2 Å². The number of rotatable bonds is 5. The molecule has 6 heteroatoms. The molecule has 2 aromatic carbocycles. The average molecular weight is 330 g/mol. The zero-order valence-electron chi connectivity index (χ0n) is 12.5. The third-order valence-electron chi connectivity index (χ3n) is 3.38. The van der Waals surface area contributed by atoms with Gasteiger partial charge in [-0.15, -0.1) is 11.3 Å². The van der Waals surface area contributed by atoms with E-state index in [4.69, 9.17) is 4.74 Å². The molecule has 3 aromatic rings. The predicted octanol–water partition coefficient (Wildman–Crippen LogP) is 3.42. The van der Waals surface area contributed by atoms with Crippen LogP contribution in [0, 0.1) is 5.82 Å². The van der Waals surface area contributed by atoms with Crippen LogP contribution >= 0.6 is 11.3 Å². The molecule has 0 aliphatic carbocycles. The summed E-state index contributed by atoms with van der Waals surface area (Å²) in [5.74, 6) is -0.651. The van der Waals surface area contributed by atoms with Crippen molar-refractivity contribution in [2.45, 2.75) is 6.42 Å². The minimum atomic E-state index is -0.596. The Kier molecular flexibility index (Phi) is 4.52. The van der Waals surface area contributed by atoms with Gasteiger partial charge in [-0.2, -0.15) is 0 Å². The molecule has 0 fully saturated rings. The standard InChI is InChI=1S/C17H15FN2O2S/c1-22-11-6-7-12(13(18)10-11)17(21)19-9-8-16-20-14-4-2-3-5-15(14)23-16/h2-7,10H,8-9H2,1H3,(H,19,21). The van der Waals surface area contributed by atoms with Gasteiger partial charge in [-0.3, -0.25) is 4.79 Å². The van der Waals surface area contributed by atoms with E-state index in [9.17, 15) is 9.18 Å². The van der Waals surface area contributed by atoms with Crippen molar-refractivity contribution in [3.8, 4) is 5.75 Å². The summed E-state index contributed by atoms with van der Waals surface area (Å²) < 4.78 is 19.9. The molecule has 0 radical (unpaired) electrons. The summed E-state index contributed by atoms with van der Waals surface area (Å²) in [5, 5.41) is 3.66. The summed E-state index contributed by atoms with van der Waals surface area (Å²) in [7, 11) is 1.45. The maximum Gasteiger partial charge on any atom is 0.254 e. The highest BCUT2D eigenvalue weighted by atomic mass is 32.1. The highest BCUT2D eigenvalue weighted by molar-refractivity contribution is 7.18. The lowest BCUT2D eigenvalue weighted by Crippen LogP contribution is -2.26. The Hall–Kier alpha value is -2.47. The number of halogens is 1. The van der Waals surface area contributed by atoms with Gasteiger partial charge in [-0.1, -0.05) is 12.1 Å². The van der Waals surface area contributed by atoms with Crippen LogP contribution in [0.15, 0.2) is 42.5 Å². The summed E-state index contributed by atoms with van der Waals surface area (Å²) >= 11 is 1.60. The smallest absolute Gasteiger partial charge is 0.254 e. The number of hydrogen-bond acceptors (Lipinski definition) is 4. The molecule has 0 unspecified atom stereocenters. The number of carbonyl (C=O) groups excluding carboxylic acids is 1. The van der Waals surface area contributed by atoms with Crippen molar-refractivity contribution < 1.29 is 13.9 Å². The van der Waals surface area contributed by atoms with Crippen LogP contribution in [0.1, 0.15) is 15.4 Å². The van der Waals surface area contributed by atoms with Crippen molar-refractivity contribution in [1.82, 2.24) is 10.3 Å². The van der Waals surface area contributed by atoms with Crippen LogP contribution in [0.25, 0.3) is 10.2 Å². The summed E-state index contributed by atoms with van der Waals surface area (Å²) in [6.07, 6.45) is 0.614. The molecule has 0 saturated heterocycles. The molecule has 4 nitrogen and oxygen atoms in total. The van der Waals surface area contributed by atoms with Gasteiger partial charge in [0.25, 0.3) is 5.91 Å². The summed E-state index contributed by atoms with van der Waals surface area (Å²) in [6.45, 7) is 0.407. The first-order chi connectivity index (χ1) is 11.2. The lowest BCUT2D eigenvalue weighted by Gasteiger charge is -2.06. The Balaban J connectivity index is 1.60. The number of thiazole rings is 1. The molecule has 0 atom stereocenters. The largest absolute Gasteiger partial charge is 0.497 e. The van der Waals surface area contributed by atoms with Gasteiger partial charge in [0.2, 0.25) is 0 Å². The van der Waals surface area contributed by atoms with Crippen LogP contribution in [0.4, 0.5) is 4.39 Å². The molecule has 0 saturated carbocycles. The Morgan fingerprint density at radius 1 is 1.30 bits per heavy atom. The Bertz CT molecular complexity index is 814. The molecule has 0 spiro atoms. The van der Waals surface area contributed by atoms with E-state index in [1.165, 1.54) is 19.2 Å². The van der Waals surface area contributed by atoms with Crippen molar-refractivity contribution in [2.24, 2.45) is 0 Å². The van der Waals surface area contributed by atoms with E-state index in [1.807, 2.05) is 24.3 Å². The highest BCUT2D eigenvalue weighted by Gasteiger charge is 2.12. The number of fused-ring (bicyclic) bond motifs is 1. The maximum absolute atomic E-state index is 13.8. The van der Waals surface area contributed by atoms with Gasteiger partial charge in [-0.05, 0) is 24.3 Å². The number of methoxy groups -OCH3 is 1. The molecule has 0 aliphatic rings. The Morgan fingerprint density at radius 2 is 2.13 bits per heavy atom. The van der Waals surface area contributed by atoms with Crippen molar-refractivity contribution in [2.75, 3.05) is 13.7 Å². The van der Waals surface area contributed by atoms with Gasteiger partial charge >= 0.3 is 0 Å². The number of carbonyl (C=O) groups is 1. The first-order valence-corrected chi connectivity index (χ1v) is 7.95. The number of nitrogens with zero attached hydrogens (tertiary/aromatic N) is 1. The van der Waals surface area contributed by atoms with Crippen molar-refractivity contribution in [3.05, 3.63) is 58.9 Å². The number of nitrogens with one attached hydrogen (secondary N) is 1. The fourth-order valence-electron chi connectivity index (χ4n) is 2.21. The number of hydrogen-bond donors (Lipinski definition) is 1. The molecular weight excluding hydrogens is 315 g/mol. The number of aromatic nitrogens is 1. The fraction of sp³-hybridized carbons (Fsp3) is 0.176. The number of benzene rings is 2. The molecule has 1 N–H and O–H groups in total. The molecule has 1 aromatic heterocycles. The normalized spacial score (nSPS) is 10.7. The summed E-state index contributed by atoms with van der Waals surface area (Å²) in [6, 6.07) is 12.1. The van der Waals surface area contributed by atoms with E-state index < -0.39 is 11.7 Å². The maximum atomic E-state index is 13.8. The Labute approximate surface area is 136 Å². The van der Waals surface area contributed by atoms with Crippen LogP contribution < -0.4 is 10.1 Å². The van der Waals surface area contributed by atoms with E-state index in [-0.39, 0.29) is 5.56 Å². The van der Waals surface area contributed by atoms with Crippen molar-refractivity contribution in [3.63, 3.8) is 0 Å². The Morgan fingerprint density at radius 3 is 2.87 bits per heavy atom. The molecule has 0 bridgehead atoms. The second kappa shape index (κ2) is 6.75. The first-order valence-electron chi connectivity index (χ1n) is 7.13. The van der Waals surface area contributed by atoms with Crippen LogP contribution in [0.5, 0.6) is 5.75 Å². The third kappa shape index (κ3) is 3.48. The highest BCUT2D eigenvalue weighted by Crippen LogP contribution is 2.21. The molecule has 1 amide bonds. The number of ether oxygens (including phenoxy) is 1. The van der Waals surface area contributed by atoms with Gasteiger partial charge in [-0.25, -0.2) is 9.37 Å². The van der Waals surface area contributed by atoms with Gasteiger partial charge in [0.05, 0.1) is 27.9 Å². The van der Waals surface area contributed by atoms with E-state index in [1.54, 1.807) is 17.4 Å². The molecule has 3 rings (SSSR count). The lowest BCUT2D eigenvalue weighted by atomic mass is 10.2. The van der Waals surface area contributed by atoms with E-state index in [2.05, 4.69) is 10.3 Å². The molecule has 1 heterocycles. The summed E-state index contributed by atoms with van der Waals surface area (Å²) in [5.41, 5.74) is 0.968. The van der Waals surface area contributed by atoms with E-state index in [0.717, 1.165) is 15.2 Å². The van der Waals surface area contributed by atoms with Gasteiger partial charge in [0.15, 0.2) is 0 Å². The second-order valence-corrected chi connectivity index (χ2v) is 6.04. The van der Waals surface area contributed by atoms with Gasteiger partial charge in [0.1, 0.15) is 11.6 Å². The zero-order chi connectivity index (χ0) is 16.2. The monoisotopic (exact) mass is 330 g/mol. The molecule has 0 aliphatic heterocycles. The molecule has 23 heavy (non-hydrogen) atoms. The van der Waals surface area contributed by atoms with Gasteiger partial charge < -0.3 is 10.1 Å². The quantitative estimate of drug-likeness (QED) is 0.780. The van der Waals surface area contributed by atoms with E-state index >= 15 is 0 Å². The first kappa shape index (κ1) is 15.4. The summed E-state index contributed by atoms with van der Waals surface area (Å²) in [4.78, 5) is 16.5. The van der Waals surface area contributed by atoms with Crippen LogP contribution in [0.3, 0.4) is 0 Å². The lowest BCUT2D eigenvalue weighted by molar-refractivity contribution is 0.0950. The third-order valence-corrected chi connectivity index (χ3v) is 4.48. The van der Waals surface area contributed by atoms with E-state index in [0.29, 0.717) is 18.7 Å². The van der Waals surface area contributed by atoms with Gasteiger partial charge in [0, 0.05) is 19.0 Å².